The maximum Gasteiger partial charge on any atom is 0.238 e. The SMILES string of the molecule is O=C(NC1CCNC1)C(Sc1ccccc1Cl)c1ccccc1. The molecule has 0 bridgehead atoms. The van der Waals surface area contributed by atoms with Crippen LogP contribution in [0.15, 0.2) is 59.5 Å². The van der Waals surface area contributed by atoms with Gasteiger partial charge in [0.15, 0.2) is 0 Å². The summed E-state index contributed by atoms with van der Waals surface area (Å²) < 4.78 is 0. The van der Waals surface area contributed by atoms with E-state index in [0.29, 0.717) is 5.02 Å². The highest BCUT2D eigenvalue weighted by atomic mass is 35.5. The Morgan fingerprint density at radius 1 is 1.17 bits per heavy atom. The molecule has 3 nitrogen and oxygen atoms in total. The van der Waals surface area contributed by atoms with Gasteiger partial charge in [0.05, 0.1) is 5.02 Å². The van der Waals surface area contributed by atoms with Crippen molar-refractivity contribution in [2.24, 2.45) is 0 Å². The molecular formula is C18H19ClN2OS. The highest BCUT2D eigenvalue weighted by Crippen LogP contribution is 2.38. The standard InChI is InChI=1S/C18H19ClN2OS/c19-15-8-4-5-9-16(15)23-17(13-6-2-1-3-7-13)18(22)21-14-10-11-20-12-14/h1-9,14,17,20H,10-12H2,(H,21,22). The summed E-state index contributed by atoms with van der Waals surface area (Å²) in [6, 6.07) is 17.7. The molecule has 2 atom stereocenters. The number of carbonyl (C=O) groups excluding carboxylic acids is 1. The normalized spacial score (nSPS) is 18.6. The maximum atomic E-state index is 12.8. The number of amides is 1. The van der Waals surface area contributed by atoms with Crippen molar-refractivity contribution in [2.75, 3.05) is 13.1 Å². The Morgan fingerprint density at radius 2 is 1.91 bits per heavy atom. The van der Waals surface area contributed by atoms with E-state index in [9.17, 15) is 4.79 Å². The number of rotatable bonds is 5. The fourth-order valence-corrected chi connectivity index (χ4v) is 3.95. The highest BCUT2D eigenvalue weighted by molar-refractivity contribution is 8.00. The minimum atomic E-state index is -0.309. The van der Waals surface area contributed by atoms with Crippen molar-refractivity contribution in [3.8, 4) is 0 Å². The molecule has 1 saturated heterocycles. The first-order valence-electron chi connectivity index (χ1n) is 7.71. The van der Waals surface area contributed by atoms with Crippen LogP contribution >= 0.6 is 23.4 Å². The Morgan fingerprint density at radius 3 is 2.61 bits per heavy atom. The smallest absolute Gasteiger partial charge is 0.238 e. The van der Waals surface area contributed by atoms with Crippen LogP contribution in [0.5, 0.6) is 0 Å². The average Bonchev–Trinajstić information content (AvgIpc) is 3.08. The van der Waals surface area contributed by atoms with Crippen LogP contribution in [0.3, 0.4) is 0 Å². The van der Waals surface area contributed by atoms with Crippen molar-refractivity contribution in [1.29, 1.82) is 0 Å². The summed E-state index contributed by atoms with van der Waals surface area (Å²) in [5.74, 6) is 0.0369. The van der Waals surface area contributed by atoms with Crippen LogP contribution in [-0.4, -0.2) is 25.0 Å². The van der Waals surface area contributed by atoms with Gasteiger partial charge in [-0.1, -0.05) is 54.1 Å². The second-order valence-corrected chi connectivity index (χ2v) is 7.09. The van der Waals surface area contributed by atoms with Gasteiger partial charge in [0.1, 0.15) is 5.25 Å². The summed E-state index contributed by atoms with van der Waals surface area (Å²) in [5, 5.41) is 6.79. The van der Waals surface area contributed by atoms with Crippen molar-refractivity contribution in [1.82, 2.24) is 10.6 Å². The third-order valence-electron chi connectivity index (χ3n) is 3.83. The predicted octanol–water partition coefficient (Wildman–Crippen LogP) is 3.65. The van der Waals surface area contributed by atoms with Crippen LogP contribution < -0.4 is 10.6 Å². The van der Waals surface area contributed by atoms with Crippen molar-refractivity contribution in [3.63, 3.8) is 0 Å². The zero-order chi connectivity index (χ0) is 16.1. The molecule has 1 aliphatic rings. The Kier molecular flexibility index (Phi) is 5.60. The molecule has 0 radical (unpaired) electrons. The maximum absolute atomic E-state index is 12.8. The molecule has 0 aliphatic carbocycles. The quantitative estimate of drug-likeness (QED) is 0.812. The fraction of sp³-hybridized carbons (Fsp3) is 0.278. The molecule has 120 valence electrons. The van der Waals surface area contributed by atoms with E-state index in [1.54, 1.807) is 0 Å². The van der Waals surface area contributed by atoms with E-state index in [-0.39, 0.29) is 17.2 Å². The van der Waals surface area contributed by atoms with Gasteiger partial charge in [0, 0.05) is 17.5 Å². The number of thioether (sulfide) groups is 1. The lowest BCUT2D eigenvalue weighted by Gasteiger charge is -2.20. The van der Waals surface area contributed by atoms with E-state index in [1.807, 2.05) is 54.6 Å². The van der Waals surface area contributed by atoms with Gasteiger partial charge in [-0.3, -0.25) is 4.79 Å². The monoisotopic (exact) mass is 346 g/mol. The summed E-state index contributed by atoms with van der Waals surface area (Å²) >= 11 is 7.76. The lowest BCUT2D eigenvalue weighted by molar-refractivity contribution is -0.121. The molecular weight excluding hydrogens is 328 g/mol. The number of benzene rings is 2. The van der Waals surface area contributed by atoms with Gasteiger partial charge in [-0.05, 0) is 30.7 Å². The number of hydrogen-bond donors (Lipinski definition) is 2. The zero-order valence-electron chi connectivity index (χ0n) is 12.7. The lowest BCUT2D eigenvalue weighted by Crippen LogP contribution is -2.38. The number of carbonyl (C=O) groups is 1. The van der Waals surface area contributed by atoms with E-state index < -0.39 is 0 Å². The van der Waals surface area contributed by atoms with Crippen molar-refractivity contribution >= 4 is 29.3 Å². The Bertz CT molecular complexity index is 659. The average molecular weight is 347 g/mol. The molecule has 1 amide bonds. The largest absolute Gasteiger partial charge is 0.351 e. The zero-order valence-corrected chi connectivity index (χ0v) is 14.2. The van der Waals surface area contributed by atoms with E-state index in [0.717, 1.165) is 30.0 Å². The number of hydrogen-bond acceptors (Lipinski definition) is 3. The molecule has 2 aromatic carbocycles. The first-order valence-corrected chi connectivity index (χ1v) is 8.97. The summed E-state index contributed by atoms with van der Waals surface area (Å²) in [5.41, 5.74) is 0.987. The first kappa shape index (κ1) is 16.4. The predicted molar refractivity (Wildman–Crippen MR) is 95.9 cm³/mol. The Balaban J connectivity index is 1.81. The molecule has 2 aromatic rings. The van der Waals surface area contributed by atoms with Crippen LogP contribution in [0.1, 0.15) is 17.2 Å². The molecule has 1 aliphatic heterocycles. The van der Waals surface area contributed by atoms with Crippen LogP contribution in [0.25, 0.3) is 0 Å². The van der Waals surface area contributed by atoms with Gasteiger partial charge >= 0.3 is 0 Å². The molecule has 3 rings (SSSR count). The summed E-state index contributed by atoms with van der Waals surface area (Å²) in [4.78, 5) is 13.7. The molecule has 5 heteroatoms. The van der Waals surface area contributed by atoms with Crippen LogP contribution in [0, 0.1) is 0 Å². The van der Waals surface area contributed by atoms with Crippen molar-refractivity contribution in [2.45, 2.75) is 22.6 Å². The minimum absolute atomic E-state index is 0.0369. The second kappa shape index (κ2) is 7.86. The van der Waals surface area contributed by atoms with Gasteiger partial charge < -0.3 is 10.6 Å². The Labute approximate surface area is 145 Å². The lowest BCUT2D eigenvalue weighted by atomic mass is 10.1. The van der Waals surface area contributed by atoms with Gasteiger partial charge in [0.25, 0.3) is 0 Å². The third-order valence-corrected chi connectivity index (χ3v) is 5.60. The van der Waals surface area contributed by atoms with Crippen molar-refractivity contribution in [3.05, 3.63) is 65.2 Å². The molecule has 23 heavy (non-hydrogen) atoms. The van der Waals surface area contributed by atoms with Crippen LogP contribution in [-0.2, 0) is 4.79 Å². The summed E-state index contributed by atoms with van der Waals surface area (Å²) in [7, 11) is 0. The molecule has 2 N–H and O–H groups in total. The van der Waals surface area contributed by atoms with E-state index in [1.165, 1.54) is 11.8 Å². The van der Waals surface area contributed by atoms with Gasteiger partial charge in [0.2, 0.25) is 5.91 Å². The van der Waals surface area contributed by atoms with E-state index >= 15 is 0 Å². The molecule has 1 fully saturated rings. The summed E-state index contributed by atoms with van der Waals surface area (Å²) in [6.07, 6.45) is 0.976. The van der Waals surface area contributed by atoms with Gasteiger partial charge in [-0.15, -0.1) is 11.8 Å². The Hall–Kier alpha value is -1.49. The second-order valence-electron chi connectivity index (χ2n) is 5.54. The van der Waals surface area contributed by atoms with Crippen molar-refractivity contribution < 1.29 is 4.79 Å². The van der Waals surface area contributed by atoms with Crippen LogP contribution in [0.2, 0.25) is 5.02 Å². The summed E-state index contributed by atoms with van der Waals surface area (Å²) in [6.45, 7) is 1.79. The third kappa shape index (κ3) is 4.28. The molecule has 0 spiro atoms. The molecule has 2 unspecified atom stereocenters. The number of nitrogens with one attached hydrogen (secondary N) is 2. The topological polar surface area (TPSA) is 41.1 Å². The van der Waals surface area contributed by atoms with Crippen LogP contribution in [0.4, 0.5) is 0 Å². The fourth-order valence-electron chi connectivity index (χ4n) is 2.62. The molecule has 0 saturated carbocycles. The van der Waals surface area contributed by atoms with Gasteiger partial charge in [-0.25, -0.2) is 0 Å². The molecule has 1 heterocycles. The van der Waals surface area contributed by atoms with Gasteiger partial charge in [-0.2, -0.15) is 0 Å². The molecule has 0 aromatic heterocycles. The van der Waals surface area contributed by atoms with E-state index in [2.05, 4.69) is 10.6 Å². The minimum Gasteiger partial charge on any atom is -0.351 e. The van der Waals surface area contributed by atoms with E-state index in [4.69, 9.17) is 11.6 Å². The first-order chi connectivity index (χ1) is 11.2. The highest BCUT2D eigenvalue weighted by Gasteiger charge is 2.26. The number of halogens is 1.